The largest absolute Gasteiger partial charge is 0.469 e. The normalized spacial score (nSPS) is 11.7. The summed E-state index contributed by atoms with van der Waals surface area (Å²) in [6.45, 7) is 0.586. The van der Waals surface area contributed by atoms with Crippen LogP contribution in [-0.4, -0.2) is 31.6 Å². The van der Waals surface area contributed by atoms with Crippen molar-refractivity contribution in [1.29, 1.82) is 0 Å². The second-order valence-electron chi connectivity index (χ2n) is 4.97. The van der Waals surface area contributed by atoms with E-state index in [0.717, 1.165) is 24.8 Å². The number of hydrogen-bond acceptors (Lipinski definition) is 4. The molecule has 0 radical (unpaired) electrons. The van der Waals surface area contributed by atoms with Crippen LogP contribution < -0.4 is 11.1 Å². The number of nitrogens with two attached hydrogens (primary N) is 1. The summed E-state index contributed by atoms with van der Waals surface area (Å²) in [7, 11) is 1.39. The van der Waals surface area contributed by atoms with Crippen molar-refractivity contribution in [2.75, 3.05) is 13.7 Å². The van der Waals surface area contributed by atoms with E-state index in [2.05, 4.69) is 10.1 Å². The Morgan fingerprint density at radius 1 is 1.19 bits per heavy atom. The third-order valence-corrected chi connectivity index (χ3v) is 3.22. The van der Waals surface area contributed by atoms with Crippen LogP contribution in [0.4, 0.5) is 0 Å². The highest BCUT2D eigenvalue weighted by Crippen LogP contribution is 2.03. The molecular weight excluding hydrogens is 268 g/mol. The van der Waals surface area contributed by atoms with Crippen LogP contribution in [0.1, 0.15) is 31.2 Å². The first-order valence-electron chi connectivity index (χ1n) is 7.27. The average molecular weight is 292 g/mol. The number of carbonyl (C=O) groups excluding carboxylic acids is 2. The van der Waals surface area contributed by atoms with Gasteiger partial charge < -0.3 is 15.8 Å². The summed E-state index contributed by atoms with van der Waals surface area (Å²) in [6.07, 6.45) is 3.45. The Balaban J connectivity index is 2.11. The number of unbranched alkanes of at least 4 members (excludes halogenated alkanes) is 2. The molecule has 1 atom stereocenters. The second-order valence-corrected chi connectivity index (χ2v) is 4.97. The molecule has 1 amide bonds. The lowest BCUT2D eigenvalue weighted by Gasteiger charge is -2.12. The number of hydrogen-bond donors (Lipinski definition) is 2. The number of nitrogens with one attached hydrogen (secondary N) is 1. The summed E-state index contributed by atoms with van der Waals surface area (Å²) in [5, 5.41) is 2.82. The van der Waals surface area contributed by atoms with Gasteiger partial charge in [-0.25, -0.2) is 0 Å². The van der Waals surface area contributed by atoms with Crippen LogP contribution in [0.15, 0.2) is 30.3 Å². The summed E-state index contributed by atoms with van der Waals surface area (Å²) in [6, 6.07) is 9.19. The minimum Gasteiger partial charge on any atom is -0.469 e. The van der Waals surface area contributed by atoms with Gasteiger partial charge in [0.05, 0.1) is 13.2 Å². The molecule has 0 aliphatic rings. The molecule has 0 spiro atoms. The number of esters is 1. The molecule has 0 heterocycles. The third kappa shape index (κ3) is 7.46. The van der Waals surface area contributed by atoms with Gasteiger partial charge >= 0.3 is 5.97 Å². The highest BCUT2D eigenvalue weighted by molar-refractivity contribution is 5.81. The third-order valence-electron chi connectivity index (χ3n) is 3.22. The van der Waals surface area contributed by atoms with Gasteiger partial charge in [-0.1, -0.05) is 36.8 Å². The topological polar surface area (TPSA) is 81.4 Å². The van der Waals surface area contributed by atoms with Crippen LogP contribution in [0.5, 0.6) is 0 Å². The number of ether oxygens (including phenoxy) is 1. The lowest BCUT2D eigenvalue weighted by Crippen LogP contribution is -2.42. The van der Waals surface area contributed by atoms with Gasteiger partial charge in [0.25, 0.3) is 0 Å². The van der Waals surface area contributed by atoms with Gasteiger partial charge in [0, 0.05) is 13.0 Å². The van der Waals surface area contributed by atoms with E-state index in [-0.39, 0.29) is 11.9 Å². The SMILES string of the molecule is COC(=O)CCCCCNC(=O)[C@@H](N)Cc1ccccc1. The van der Waals surface area contributed by atoms with Gasteiger partial charge in [-0.05, 0) is 24.8 Å². The van der Waals surface area contributed by atoms with Gasteiger partial charge in [0.15, 0.2) is 0 Å². The molecule has 0 bridgehead atoms. The van der Waals surface area contributed by atoms with Crippen molar-refractivity contribution in [2.24, 2.45) is 5.73 Å². The Kier molecular flexibility index (Phi) is 8.12. The lowest BCUT2D eigenvalue weighted by atomic mass is 10.1. The molecule has 3 N–H and O–H groups in total. The van der Waals surface area contributed by atoms with Gasteiger partial charge in [0.2, 0.25) is 5.91 Å². The predicted octanol–water partition coefficient (Wildman–Crippen LogP) is 1.41. The fourth-order valence-corrected chi connectivity index (χ4v) is 1.98. The predicted molar refractivity (Wildman–Crippen MR) is 81.6 cm³/mol. The van der Waals surface area contributed by atoms with E-state index in [9.17, 15) is 9.59 Å². The fourth-order valence-electron chi connectivity index (χ4n) is 1.98. The number of methoxy groups -OCH3 is 1. The molecular formula is C16H24N2O3. The highest BCUT2D eigenvalue weighted by Gasteiger charge is 2.13. The summed E-state index contributed by atoms with van der Waals surface area (Å²) in [5.74, 6) is -0.323. The molecule has 1 rings (SSSR count). The Hall–Kier alpha value is -1.88. The Bertz CT molecular complexity index is 434. The van der Waals surface area contributed by atoms with Gasteiger partial charge in [0.1, 0.15) is 0 Å². The number of carbonyl (C=O) groups is 2. The molecule has 1 aromatic rings. The minimum absolute atomic E-state index is 0.133. The standard InChI is InChI=1S/C16H24N2O3/c1-21-15(19)10-6-3-7-11-18-16(20)14(17)12-13-8-4-2-5-9-13/h2,4-5,8-9,14H,3,6-7,10-12,17H2,1H3,(H,18,20)/t14-/m0/s1. The van der Waals surface area contributed by atoms with E-state index >= 15 is 0 Å². The van der Waals surface area contributed by atoms with Gasteiger partial charge in [-0.15, -0.1) is 0 Å². The van der Waals surface area contributed by atoms with Crippen LogP contribution in [0.2, 0.25) is 0 Å². The van der Waals surface area contributed by atoms with Gasteiger partial charge in [-0.3, -0.25) is 9.59 Å². The summed E-state index contributed by atoms with van der Waals surface area (Å²) < 4.78 is 4.56. The molecule has 21 heavy (non-hydrogen) atoms. The summed E-state index contributed by atoms with van der Waals surface area (Å²) >= 11 is 0. The first-order chi connectivity index (χ1) is 10.1. The van der Waals surface area contributed by atoms with E-state index in [1.54, 1.807) is 0 Å². The molecule has 5 heteroatoms. The molecule has 116 valence electrons. The summed E-state index contributed by atoms with van der Waals surface area (Å²) in [4.78, 5) is 22.7. The van der Waals surface area contributed by atoms with Crippen molar-refractivity contribution in [2.45, 2.75) is 38.1 Å². The summed E-state index contributed by atoms with van der Waals surface area (Å²) in [5.41, 5.74) is 6.93. The Morgan fingerprint density at radius 3 is 2.57 bits per heavy atom. The Labute approximate surface area is 125 Å². The monoisotopic (exact) mass is 292 g/mol. The molecule has 0 aliphatic carbocycles. The molecule has 0 fully saturated rings. The number of benzene rings is 1. The lowest BCUT2D eigenvalue weighted by molar-refractivity contribution is -0.140. The number of amides is 1. The quantitative estimate of drug-likeness (QED) is 0.532. The van der Waals surface area contributed by atoms with Crippen molar-refractivity contribution >= 4 is 11.9 Å². The van der Waals surface area contributed by atoms with Crippen LogP contribution in [0.3, 0.4) is 0 Å². The maximum absolute atomic E-state index is 11.8. The van der Waals surface area contributed by atoms with E-state index in [4.69, 9.17) is 5.73 Å². The first-order valence-corrected chi connectivity index (χ1v) is 7.27. The van der Waals surface area contributed by atoms with Crippen LogP contribution in [-0.2, 0) is 20.7 Å². The van der Waals surface area contributed by atoms with Crippen molar-refractivity contribution < 1.29 is 14.3 Å². The van der Waals surface area contributed by atoms with Crippen molar-refractivity contribution in [3.05, 3.63) is 35.9 Å². The van der Waals surface area contributed by atoms with E-state index < -0.39 is 6.04 Å². The minimum atomic E-state index is -0.525. The average Bonchev–Trinajstić information content (AvgIpc) is 2.51. The maximum atomic E-state index is 11.8. The fraction of sp³-hybridized carbons (Fsp3) is 0.500. The van der Waals surface area contributed by atoms with Gasteiger partial charge in [-0.2, -0.15) is 0 Å². The van der Waals surface area contributed by atoms with Crippen LogP contribution in [0.25, 0.3) is 0 Å². The van der Waals surface area contributed by atoms with E-state index in [1.807, 2.05) is 30.3 Å². The molecule has 0 saturated carbocycles. The van der Waals surface area contributed by atoms with Crippen molar-refractivity contribution in [1.82, 2.24) is 5.32 Å². The molecule has 5 nitrogen and oxygen atoms in total. The zero-order valence-electron chi connectivity index (χ0n) is 12.5. The maximum Gasteiger partial charge on any atom is 0.305 e. The van der Waals surface area contributed by atoms with Crippen molar-refractivity contribution in [3.63, 3.8) is 0 Å². The molecule has 0 unspecified atom stereocenters. The van der Waals surface area contributed by atoms with Crippen LogP contribution in [0, 0.1) is 0 Å². The molecule has 0 saturated heterocycles. The second kappa shape index (κ2) is 9.94. The number of rotatable bonds is 9. The smallest absolute Gasteiger partial charge is 0.305 e. The zero-order chi connectivity index (χ0) is 15.5. The highest BCUT2D eigenvalue weighted by atomic mass is 16.5. The van der Waals surface area contributed by atoms with E-state index in [0.29, 0.717) is 19.4 Å². The molecule has 0 aromatic heterocycles. The van der Waals surface area contributed by atoms with E-state index in [1.165, 1.54) is 7.11 Å². The zero-order valence-corrected chi connectivity index (χ0v) is 12.5. The first kappa shape index (κ1) is 17.2. The van der Waals surface area contributed by atoms with Crippen molar-refractivity contribution in [3.8, 4) is 0 Å². The molecule has 0 aliphatic heterocycles. The molecule has 1 aromatic carbocycles. The Morgan fingerprint density at radius 2 is 1.90 bits per heavy atom. The van der Waals surface area contributed by atoms with Crippen LogP contribution >= 0.6 is 0 Å².